The van der Waals surface area contributed by atoms with Crippen molar-refractivity contribution in [3.8, 4) is 0 Å². The summed E-state index contributed by atoms with van der Waals surface area (Å²) >= 11 is 0. The first-order valence-corrected chi connectivity index (χ1v) is 10.4. The summed E-state index contributed by atoms with van der Waals surface area (Å²) in [7, 11) is 0. The molecule has 0 aliphatic heterocycles. The minimum atomic E-state index is -0.752. The highest BCUT2D eigenvalue weighted by atomic mass is 19.2. The Balaban J connectivity index is 1.36. The van der Waals surface area contributed by atoms with Crippen molar-refractivity contribution in [1.82, 2.24) is 0 Å². The summed E-state index contributed by atoms with van der Waals surface area (Å²) < 4.78 is 38.6. The summed E-state index contributed by atoms with van der Waals surface area (Å²) in [5.41, 5.74) is 0.961. The first-order chi connectivity index (χ1) is 12.7. The molecule has 0 nitrogen and oxygen atoms in total. The molecule has 3 heteroatoms. The maximum absolute atomic E-state index is 13.4. The van der Waals surface area contributed by atoms with Crippen LogP contribution in [0.1, 0.15) is 82.1 Å². The van der Waals surface area contributed by atoms with E-state index in [1.807, 2.05) is 0 Å². The van der Waals surface area contributed by atoms with E-state index in [1.54, 1.807) is 12.1 Å². The Bertz CT molecular complexity index is 579. The summed E-state index contributed by atoms with van der Waals surface area (Å²) in [6.07, 6.45) is 15.6. The van der Waals surface area contributed by atoms with Crippen LogP contribution in [0, 0.1) is 29.4 Å². The summed E-state index contributed by atoms with van der Waals surface area (Å²) in [4.78, 5) is 0. The van der Waals surface area contributed by atoms with E-state index in [2.05, 4.69) is 0 Å². The van der Waals surface area contributed by atoms with Gasteiger partial charge in [-0.1, -0.05) is 37.8 Å². The van der Waals surface area contributed by atoms with E-state index in [0.717, 1.165) is 36.7 Å². The van der Waals surface area contributed by atoms with Crippen LogP contribution in [-0.2, 0) is 0 Å². The topological polar surface area (TPSA) is 0 Å². The fourth-order valence-electron chi connectivity index (χ4n) is 5.02. The molecule has 0 bridgehead atoms. The Morgan fingerprint density at radius 2 is 1.35 bits per heavy atom. The van der Waals surface area contributed by atoms with Crippen molar-refractivity contribution in [1.29, 1.82) is 0 Å². The third-order valence-electron chi connectivity index (χ3n) is 6.77. The van der Waals surface area contributed by atoms with Crippen molar-refractivity contribution in [2.24, 2.45) is 17.8 Å². The molecular weight excluding hydrogens is 333 g/mol. The van der Waals surface area contributed by atoms with Crippen LogP contribution < -0.4 is 0 Å². The second-order valence-electron chi connectivity index (χ2n) is 8.45. The maximum atomic E-state index is 13.4. The molecule has 3 rings (SSSR count). The lowest BCUT2D eigenvalue weighted by atomic mass is 9.74. The Labute approximate surface area is 155 Å². The quantitative estimate of drug-likeness (QED) is 0.485. The summed E-state index contributed by atoms with van der Waals surface area (Å²) in [6.45, 7) is 0. The molecule has 0 N–H and O–H groups in total. The van der Waals surface area contributed by atoms with E-state index in [9.17, 15) is 13.2 Å². The fraction of sp³-hybridized carbons (Fsp3) is 0.652. The average molecular weight is 364 g/mol. The standard InChI is InChI=1S/C23H31F3/c24-15-1-2-17-3-5-18(6-4-17)7-8-19-9-11-20(12-10-19)21-13-14-22(25)23(26)16-21/h1,13-20H,2-12H2/b15-1+/t17-,18-,19-,20-. The van der Waals surface area contributed by atoms with Gasteiger partial charge in [0.1, 0.15) is 0 Å². The number of rotatable bonds is 6. The molecule has 0 aromatic heterocycles. The van der Waals surface area contributed by atoms with Crippen molar-refractivity contribution in [2.75, 3.05) is 0 Å². The lowest BCUT2D eigenvalue weighted by Crippen LogP contribution is -2.17. The Morgan fingerprint density at radius 1 is 0.769 bits per heavy atom. The van der Waals surface area contributed by atoms with Crippen LogP contribution in [-0.4, -0.2) is 0 Å². The van der Waals surface area contributed by atoms with E-state index in [-0.39, 0.29) is 0 Å². The molecule has 0 saturated heterocycles. The zero-order chi connectivity index (χ0) is 18.4. The highest BCUT2D eigenvalue weighted by molar-refractivity contribution is 5.22. The smallest absolute Gasteiger partial charge is 0.159 e. The van der Waals surface area contributed by atoms with Gasteiger partial charge in [-0.05, 0) is 86.3 Å². The molecule has 0 atom stereocenters. The van der Waals surface area contributed by atoms with Crippen LogP contribution in [0.5, 0.6) is 0 Å². The van der Waals surface area contributed by atoms with Gasteiger partial charge in [-0.3, -0.25) is 0 Å². The predicted octanol–water partition coefficient (Wildman–Crippen LogP) is 7.70. The van der Waals surface area contributed by atoms with Crippen molar-refractivity contribution >= 4 is 0 Å². The van der Waals surface area contributed by atoms with Gasteiger partial charge in [0.25, 0.3) is 0 Å². The Hall–Kier alpha value is -1.25. The van der Waals surface area contributed by atoms with Gasteiger partial charge in [-0.15, -0.1) is 0 Å². The van der Waals surface area contributed by atoms with Gasteiger partial charge in [-0.2, -0.15) is 0 Å². The predicted molar refractivity (Wildman–Crippen MR) is 101 cm³/mol. The molecule has 0 unspecified atom stereocenters. The van der Waals surface area contributed by atoms with E-state index in [0.29, 0.717) is 18.2 Å². The van der Waals surface area contributed by atoms with E-state index in [1.165, 1.54) is 63.5 Å². The second-order valence-corrected chi connectivity index (χ2v) is 8.45. The van der Waals surface area contributed by atoms with Gasteiger partial charge >= 0.3 is 0 Å². The highest BCUT2D eigenvalue weighted by Crippen LogP contribution is 2.40. The summed E-state index contributed by atoms with van der Waals surface area (Å²) in [5.74, 6) is 1.25. The first kappa shape index (κ1) is 19.5. The summed E-state index contributed by atoms with van der Waals surface area (Å²) in [5, 5.41) is 0. The molecule has 1 aromatic carbocycles. The third-order valence-corrected chi connectivity index (χ3v) is 6.77. The van der Waals surface area contributed by atoms with Crippen molar-refractivity contribution in [3.05, 3.63) is 47.8 Å². The van der Waals surface area contributed by atoms with E-state index < -0.39 is 11.6 Å². The van der Waals surface area contributed by atoms with Gasteiger partial charge in [0.15, 0.2) is 11.6 Å². The molecule has 0 heterocycles. The zero-order valence-corrected chi connectivity index (χ0v) is 15.6. The first-order valence-electron chi connectivity index (χ1n) is 10.4. The maximum Gasteiger partial charge on any atom is 0.159 e. The van der Waals surface area contributed by atoms with Gasteiger partial charge < -0.3 is 0 Å². The number of hydrogen-bond donors (Lipinski definition) is 0. The molecular formula is C23H31F3. The van der Waals surface area contributed by atoms with Crippen LogP contribution in [0.15, 0.2) is 30.6 Å². The van der Waals surface area contributed by atoms with Crippen LogP contribution in [0.25, 0.3) is 0 Å². The van der Waals surface area contributed by atoms with Crippen LogP contribution >= 0.6 is 0 Å². The molecule has 2 saturated carbocycles. The highest BCUT2D eigenvalue weighted by Gasteiger charge is 2.25. The summed E-state index contributed by atoms with van der Waals surface area (Å²) in [6, 6.07) is 4.40. The number of hydrogen-bond acceptors (Lipinski definition) is 0. The van der Waals surface area contributed by atoms with Gasteiger partial charge in [0.05, 0.1) is 6.33 Å². The molecule has 0 amide bonds. The van der Waals surface area contributed by atoms with Crippen molar-refractivity contribution < 1.29 is 13.2 Å². The molecule has 0 spiro atoms. The minimum absolute atomic E-state index is 0.389. The molecule has 144 valence electrons. The lowest BCUT2D eigenvalue weighted by molar-refractivity contribution is 0.231. The van der Waals surface area contributed by atoms with Crippen LogP contribution in [0.2, 0.25) is 0 Å². The van der Waals surface area contributed by atoms with E-state index in [4.69, 9.17) is 0 Å². The van der Waals surface area contributed by atoms with Crippen molar-refractivity contribution in [3.63, 3.8) is 0 Å². The normalized spacial score (nSPS) is 30.0. The monoisotopic (exact) mass is 364 g/mol. The van der Waals surface area contributed by atoms with Gasteiger partial charge in [0.2, 0.25) is 0 Å². The number of allylic oxidation sites excluding steroid dienone is 1. The largest absolute Gasteiger partial charge is 0.216 e. The SMILES string of the molecule is F/C=C/C[C@H]1CC[C@H](CC[C@H]2CC[C@H](c3ccc(F)c(F)c3)CC2)CC1. The molecule has 2 aliphatic rings. The third kappa shape index (κ3) is 5.37. The fourth-order valence-corrected chi connectivity index (χ4v) is 5.02. The Morgan fingerprint density at radius 3 is 1.92 bits per heavy atom. The van der Waals surface area contributed by atoms with E-state index >= 15 is 0 Å². The number of halogens is 3. The van der Waals surface area contributed by atoms with Crippen LogP contribution in [0.3, 0.4) is 0 Å². The van der Waals surface area contributed by atoms with Crippen molar-refractivity contribution in [2.45, 2.75) is 76.5 Å². The lowest BCUT2D eigenvalue weighted by Gasteiger charge is -2.32. The zero-order valence-electron chi connectivity index (χ0n) is 15.6. The van der Waals surface area contributed by atoms with Gasteiger partial charge in [0, 0.05) is 0 Å². The molecule has 0 radical (unpaired) electrons. The average Bonchev–Trinajstić information content (AvgIpc) is 2.68. The number of benzene rings is 1. The second kappa shape index (κ2) is 9.62. The molecule has 2 fully saturated rings. The molecule has 1 aromatic rings. The minimum Gasteiger partial charge on any atom is -0.216 e. The molecule has 2 aliphatic carbocycles. The molecule has 26 heavy (non-hydrogen) atoms. The van der Waals surface area contributed by atoms with Gasteiger partial charge in [-0.25, -0.2) is 13.2 Å². The van der Waals surface area contributed by atoms with Crippen LogP contribution in [0.4, 0.5) is 13.2 Å². The Kier molecular flexibility index (Phi) is 7.22.